The van der Waals surface area contributed by atoms with Crippen molar-refractivity contribution in [2.45, 2.75) is 32.2 Å². The molecule has 1 atom stereocenters. The summed E-state index contributed by atoms with van der Waals surface area (Å²) in [5.74, 6) is 0.587. The van der Waals surface area contributed by atoms with Crippen LogP contribution in [0, 0.1) is 0 Å². The largest absolute Gasteiger partial charge is 0.354 e. The molecule has 1 heterocycles. The van der Waals surface area contributed by atoms with Crippen molar-refractivity contribution in [2.24, 2.45) is 12.8 Å². The number of aryl methyl sites for hydroxylation is 1. The van der Waals surface area contributed by atoms with Crippen molar-refractivity contribution in [3.8, 4) is 0 Å². The lowest BCUT2D eigenvalue weighted by atomic mass is 10.00. The molecular formula is C10H19N5O. The molecule has 0 aliphatic rings. The average Bonchev–Trinajstić information content (AvgIpc) is 2.64. The predicted octanol–water partition coefficient (Wildman–Crippen LogP) is -0.399. The molecule has 16 heavy (non-hydrogen) atoms. The third-order valence-corrected chi connectivity index (χ3v) is 2.53. The standard InChI is InChI=1S/C10H19N5O/c1-4-10(2,11)9(16)12-6-5-8-13-7-15(3)14-8/h7H,4-6,11H2,1-3H3,(H,12,16). The first-order chi connectivity index (χ1) is 7.45. The third-order valence-electron chi connectivity index (χ3n) is 2.53. The van der Waals surface area contributed by atoms with Gasteiger partial charge in [0.15, 0.2) is 5.82 Å². The predicted molar refractivity (Wildman–Crippen MR) is 60.6 cm³/mol. The molecule has 90 valence electrons. The first-order valence-electron chi connectivity index (χ1n) is 5.37. The van der Waals surface area contributed by atoms with Crippen molar-refractivity contribution >= 4 is 5.91 Å². The summed E-state index contributed by atoms with van der Waals surface area (Å²) in [5, 5.41) is 6.89. The van der Waals surface area contributed by atoms with Crippen molar-refractivity contribution < 1.29 is 4.79 Å². The summed E-state index contributed by atoms with van der Waals surface area (Å²) < 4.78 is 1.64. The molecule has 1 amide bonds. The zero-order valence-electron chi connectivity index (χ0n) is 10.0. The van der Waals surface area contributed by atoms with Gasteiger partial charge in [0.1, 0.15) is 6.33 Å². The van der Waals surface area contributed by atoms with Crippen LogP contribution in [0.1, 0.15) is 26.1 Å². The van der Waals surface area contributed by atoms with E-state index in [1.54, 1.807) is 17.9 Å². The van der Waals surface area contributed by atoms with E-state index >= 15 is 0 Å². The zero-order valence-corrected chi connectivity index (χ0v) is 10.0. The summed E-state index contributed by atoms with van der Waals surface area (Å²) in [5.41, 5.74) is 5.00. The van der Waals surface area contributed by atoms with Crippen LogP contribution < -0.4 is 11.1 Å². The van der Waals surface area contributed by atoms with E-state index in [1.165, 1.54) is 0 Å². The minimum absolute atomic E-state index is 0.133. The molecule has 1 aromatic heterocycles. The number of carbonyl (C=O) groups is 1. The van der Waals surface area contributed by atoms with Crippen LogP contribution in [-0.4, -0.2) is 32.8 Å². The third kappa shape index (κ3) is 3.30. The van der Waals surface area contributed by atoms with Gasteiger partial charge in [-0.2, -0.15) is 5.10 Å². The summed E-state index contributed by atoms with van der Waals surface area (Å²) in [6.45, 7) is 4.12. The van der Waals surface area contributed by atoms with Crippen molar-refractivity contribution in [1.82, 2.24) is 20.1 Å². The zero-order chi connectivity index (χ0) is 12.2. The topological polar surface area (TPSA) is 85.8 Å². The van der Waals surface area contributed by atoms with Crippen molar-refractivity contribution in [1.29, 1.82) is 0 Å². The van der Waals surface area contributed by atoms with E-state index in [2.05, 4.69) is 15.4 Å². The fraction of sp³-hybridized carbons (Fsp3) is 0.700. The molecule has 6 nitrogen and oxygen atoms in total. The van der Waals surface area contributed by atoms with Gasteiger partial charge < -0.3 is 11.1 Å². The van der Waals surface area contributed by atoms with Gasteiger partial charge in [-0.3, -0.25) is 9.48 Å². The second-order valence-corrected chi connectivity index (χ2v) is 4.11. The fourth-order valence-corrected chi connectivity index (χ4v) is 1.15. The number of carbonyl (C=O) groups excluding carboxylic acids is 1. The van der Waals surface area contributed by atoms with Crippen LogP contribution in [0.4, 0.5) is 0 Å². The highest BCUT2D eigenvalue weighted by atomic mass is 16.2. The van der Waals surface area contributed by atoms with Crippen LogP contribution in [0.3, 0.4) is 0 Å². The van der Waals surface area contributed by atoms with Gasteiger partial charge in [0.2, 0.25) is 5.91 Å². The van der Waals surface area contributed by atoms with Gasteiger partial charge in [0, 0.05) is 20.0 Å². The van der Waals surface area contributed by atoms with E-state index in [1.807, 2.05) is 14.0 Å². The average molecular weight is 225 g/mol. The van der Waals surface area contributed by atoms with E-state index in [9.17, 15) is 4.79 Å². The van der Waals surface area contributed by atoms with Gasteiger partial charge in [-0.25, -0.2) is 4.98 Å². The molecule has 6 heteroatoms. The lowest BCUT2D eigenvalue weighted by Crippen LogP contribution is -2.51. The smallest absolute Gasteiger partial charge is 0.239 e. The number of nitrogens with one attached hydrogen (secondary N) is 1. The van der Waals surface area contributed by atoms with E-state index in [-0.39, 0.29) is 5.91 Å². The lowest BCUT2D eigenvalue weighted by molar-refractivity contribution is -0.125. The maximum Gasteiger partial charge on any atom is 0.239 e. The molecule has 0 saturated carbocycles. The number of hydrogen-bond donors (Lipinski definition) is 2. The van der Waals surface area contributed by atoms with Crippen molar-refractivity contribution in [2.75, 3.05) is 6.54 Å². The Bertz CT molecular complexity index is 358. The van der Waals surface area contributed by atoms with E-state index < -0.39 is 5.54 Å². The van der Waals surface area contributed by atoms with Gasteiger partial charge in [0.25, 0.3) is 0 Å². The second kappa shape index (κ2) is 5.07. The van der Waals surface area contributed by atoms with Crippen molar-refractivity contribution in [3.05, 3.63) is 12.2 Å². The molecule has 0 spiro atoms. The Hall–Kier alpha value is -1.43. The minimum Gasteiger partial charge on any atom is -0.354 e. The number of aromatic nitrogens is 3. The van der Waals surface area contributed by atoms with Crippen molar-refractivity contribution in [3.63, 3.8) is 0 Å². The SMILES string of the molecule is CCC(C)(N)C(=O)NCCc1ncn(C)n1. The minimum atomic E-state index is -0.794. The maximum atomic E-state index is 11.6. The highest BCUT2D eigenvalue weighted by Crippen LogP contribution is 2.03. The number of hydrogen-bond acceptors (Lipinski definition) is 4. The number of rotatable bonds is 5. The van der Waals surface area contributed by atoms with Gasteiger partial charge >= 0.3 is 0 Å². The molecule has 0 bridgehead atoms. The Morgan fingerprint density at radius 2 is 2.38 bits per heavy atom. The first-order valence-corrected chi connectivity index (χ1v) is 5.37. The fourth-order valence-electron chi connectivity index (χ4n) is 1.15. The maximum absolute atomic E-state index is 11.6. The van der Waals surface area contributed by atoms with Gasteiger partial charge in [-0.05, 0) is 13.3 Å². The van der Waals surface area contributed by atoms with Crippen LogP contribution in [0.15, 0.2) is 6.33 Å². The van der Waals surface area contributed by atoms with E-state index in [0.29, 0.717) is 19.4 Å². The number of amides is 1. The Morgan fingerprint density at radius 3 is 2.88 bits per heavy atom. The summed E-state index contributed by atoms with van der Waals surface area (Å²) >= 11 is 0. The molecule has 0 aliphatic carbocycles. The van der Waals surface area contributed by atoms with Gasteiger partial charge in [-0.1, -0.05) is 6.92 Å². The monoisotopic (exact) mass is 225 g/mol. The molecule has 1 rings (SSSR count). The molecular weight excluding hydrogens is 206 g/mol. The second-order valence-electron chi connectivity index (χ2n) is 4.11. The van der Waals surface area contributed by atoms with Gasteiger partial charge in [-0.15, -0.1) is 0 Å². The van der Waals surface area contributed by atoms with Crippen LogP contribution in [0.25, 0.3) is 0 Å². The van der Waals surface area contributed by atoms with Crippen LogP contribution in [0.5, 0.6) is 0 Å². The van der Waals surface area contributed by atoms with E-state index in [4.69, 9.17) is 5.73 Å². The normalized spacial score (nSPS) is 14.5. The Balaban J connectivity index is 2.33. The van der Waals surface area contributed by atoms with E-state index in [0.717, 1.165) is 5.82 Å². The molecule has 0 aliphatic heterocycles. The highest BCUT2D eigenvalue weighted by Gasteiger charge is 2.25. The van der Waals surface area contributed by atoms with Crippen LogP contribution in [0.2, 0.25) is 0 Å². The summed E-state index contributed by atoms with van der Waals surface area (Å²) in [6, 6.07) is 0. The quantitative estimate of drug-likeness (QED) is 0.714. The Kier molecular flexibility index (Phi) is 4.00. The van der Waals surface area contributed by atoms with Crippen LogP contribution in [-0.2, 0) is 18.3 Å². The molecule has 0 fully saturated rings. The molecule has 3 N–H and O–H groups in total. The van der Waals surface area contributed by atoms with Crippen LogP contribution >= 0.6 is 0 Å². The number of nitrogens with two attached hydrogens (primary N) is 1. The molecule has 1 unspecified atom stereocenters. The molecule has 0 aromatic carbocycles. The lowest BCUT2D eigenvalue weighted by Gasteiger charge is -2.21. The number of nitrogens with zero attached hydrogens (tertiary/aromatic N) is 3. The first kappa shape index (κ1) is 12.6. The summed E-state index contributed by atoms with van der Waals surface area (Å²) in [6.07, 6.45) is 2.86. The summed E-state index contributed by atoms with van der Waals surface area (Å²) in [7, 11) is 1.81. The van der Waals surface area contributed by atoms with Gasteiger partial charge in [0.05, 0.1) is 5.54 Å². The Labute approximate surface area is 95.2 Å². The Morgan fingerprint density at radius 1 is 1.69 bits per heavy atom. The summed E-state index contributed by atoms with van der Waals surface area (Å²) in [4.78, 5) is 15.7. The molecule has 0 saturated heterocycles. The molecule has 0 radical (unpaired) electrons. The highest BCUT2D eigenvalue weighted by molar-refractivity contribution is 5.85. The molecule has 1 aromatic rings.